The van der Waals surface area contributed by atoms with Crippen LogP contribution >= 0.6 is 11.6 Å². The normalized spacial score (nSPS) is 11.5. The van der Waals surface area contributed by atoms with Crippen LogP contribution in [0.2, 0.25) is 5.02 Å². The molecule has 0 N–H and O–H groups in total. The van der Waals surface area contributed by atoms with E-state index in [1.807, 2.05) is 0 Å². The summed E-state index contributed by atoms with van der Waals surface area (Å²) >= 11 is 5.53. The van der Waals surface area contributed by atoms with Crippen LogP contribution in [0.3, 0.4) is 0 Å². The molecule has 0 bridgehead atoms. The zero-order chi connectivity index (χ0) is 10.1. The molecule has 0 fully saturated rings. The molecule has 1 rings (SSSR count). The number of hydrogen-bond donors (Lipinski definition) is 0. The second kappa shape index (κ2) is 3.46. The number of rotatable bonds is 1. The van der Waals surface area contributed by atoms with Crippen molar-refractivity contribution in [3.8, 4) is 0 Å². The Kier molecular flexibility index (Phi) is 2.71. The van der Waals surface area contributed by atoms with Gasteiger partial charge in [-0.1, -0.05) is 11.6 Å². The minimum absolute atomic E-state index is 0.0666. The topological polar surface area (TPSA) is 3.24 Å². The van der Waals surface area contributed by atoms with Crippen molar-refractivity contribution < 1.29 is 13.2 Å². The number of hydrogen-bond acceptors (Lipinski definition) is 1. The number of alkyl halides is 3. The van der Waals surface area contributed by atoms with Crippen LogP contribution in [0.5, 0.6) is 0 Å². The van der Waals surface area contributed by atoms with Gasteiger partial charge in [0.15, 0.2) is 0 Å². The van der Waals surface area contributed by atoms with E-state index in [4.69, 9.17) is 11.6 Å². The summed E-state index contributed by atoms with van der Waals surface area (Å²) < 4.78 is 36.4. The quantitative estimate of drug-likeness (QED) is 0.642. The first kappa shape index (κ1) is 10.2. The average Bonchev–Trinajstić information content (AvgIpc) is 2.03. The predicted molar refractivity (Wildman–Crippen MR) is 45.9 cm³/mol. The van der Waals surface area contributed by atoms with Gasteiger partial charge >= 0.3 is 6.30 Å². The van der Waals surface area contributed by atoms with Crippen LogP contribution in [-0.2, 0) is 0 Å². The highest BCUT2D eigenvalue weighted by molar-refractivity contribution is 6.30. The molecule has 0 aliphatic carbocycles. The van der Waals surface area contributed by atoms with E-state index in [-0.39, 0.29) is 10.6 Å². The van der Waals surface area contributed by atoms with Gasteiger partial charge in [0.25, 0.3) is 0 Å². The first-order valence-electron chi connectivity index (χ1n) is 3.47. The predicted octanol–water partition coefficient (Wildman–Crippen LogP) is 3.30. The zero-order valence-electron chi connectivity index (χ0n) is 6.77. The van der Waals surface area contributed by atoms with E-state index in [0.717, 1.165) is 7.05 Å². The van der Waals surface area contributed by atoms with Crippen molar-refractivity contribution >= 4 is 17.3 Å². The summed E-state index contributed by atoms with van der Waals surface area (Å²) in [6, 6.07) is 5.46. The van der Waals surface area contributed by atoms with Crippen molar-refractivity contribution in [3.05, 3.63) is 29.3 Å². The van der Waals surface area contributed by atoms with E-state index in [1.165, 1.54) is 24.3 Å². The molecular weight excluding hydrogens is 203 g/mol. The second-order valence-electron chi connectivity index (χ2n) is 2.50. The van der Waals surface area contributed by atoms with Gasteiger partial charge in [-0.15, -0.1) is 0 Å². The molecular formula is C8H7ClF3N. The summed E-state index contributed by atoms with van der Waals surface area (Å²) in [5.41, 5.74) is 0.0666. The molecule has 13 heavy (non-hydrogen) atoms. The minimum atomic E-state index is -4.35. The van der Waals surface area contributed by atoms with Crippen molar-refractivity contribution in [2.45, 2.75) is 6.30 Å². The maximum absolute atomic E-state index is 12.1. The van der Waals surface area contributed by atoms with E-state index >= 15 is 0 Å². The summed E-state index contributed by atoms with van der Waals surface area (Å²) in [6.45, 7) is 0. The first-order chi connectivity index (χ1) is 5.91. The molecule has 0 radical (unpaired) electrons. The van der Waals surface area contributed by atoms with Gasteiger partial charge in [0.2, 0.25) is 0 Å². The van der Waals surface area contributed by atoms with Gasteiger partial charge in [-0.3, -0.25) is 4.90 Å². The maximum Gasteiger partial charge on any atom is 0.484 e. The number of halogens is 4. The Morgan fingerprint density at radius 1 is 1.15 bits per heavy atom. The Bertz CT molecular complexity index is 280. The summed E-state index contributed by atoms with van der Waals surface area (Å²) in [7, 11) is 0.962. The molecule has 0 aliphatic rings. The van der Waals surface area contributed by atoms with Crippen LogP contribution in [0.25, 0.3) is 0 Å². The van der Waals surface area contributed by atoms with E-state index < -0.39 is 6.30 Å². The summed E-state index contributed by atoms with van der Waals surface area (Å²) in [6.07, 6.45) is -4.35. The lowest BCUT2D eigenvalue weighted by Crippen LogP contribution is -2.33. The molecule has 0 amide bonds. The third kappa shape index (κ3) is 2.52. The van der Waals surface area contributed by atoms with Crippen LogP contribution in [0, 0.1) is 0 Å². The van der Waals surface area contributed by atoms with Gasteiger partial charge in [0, 0.05) is 17.8 Å². The highest BCUT2D eigenvalue weighted by Crippen LogP contribution is 2.27. The van der Waals surface area contributed by atoms with E-state index in [0.29, 0.717) is 5.02 Å². The monoisotopic (exact) mass is 209 g/mol. The molecule has 0 atom stereocenters. The third-order valence-electron chi connectivity index (χ3n) is 1.59. The molecule has 0 spiro atoms. The van der Waals surface area contributed by atoms with Crippen LogP contribution < -0.4 is 4.90 Å². The Hall–Kier alpha value is -0.900. The lowest BCUT2D eigenvalue weighted by atomic mass is 10.3. The van der Waals surface area contributed by atoms with Gasteiger partial charge in [0.05, 0.1) is 0 Å². The van der Waals surface area contributed by atoms with E-state index in [9.17, 15) is 13.2 Å². The Balaban J connectivity index is 2.90. The largest absolute Gasteiger partial charge is 0.484 e. The molecule has 0 saturated carbocycles. The van der Waals surface area contributed by atoms with E-state index in [2.05, 4.69) is 0 Å². The Morgan fingerprint density at radius 2 is 1.62 bits per heavy atom. The zero-order valence-corrected chi connectivity index (χ0v) is 7.52. The van der Waals surface area contributed by atoms with Crippen molar-refractivity contribution in [2.75, 3.05) is 11.9 Å². The highest BCUT2D eigenvalue weighted by Gasteiger charge is 2.34. The lowest BCUT2D eigenvalue weighted by Gasteiger charge is -2.21. The Morgan fingerprint density at radius 3 is 2.00 bits per heavy atom. The molecule has 0 aromatic heterocycles. The minimum Gasteiger partial charge on any atom is -0.287 e. The SMILES string of the molecule is CN(c1ccc(Cl)cc1)C(F)(F)F. The van der Waals surface area contributed by atoms with Crippen molar-refractivity contribution in [2.24, 2.45) is 0 Å². The Labute approximate surface area is 78.7 Å². The molecule has 72 valence electrons. The molecule has 1 nitrogen and oxygen atoms in total. The molecule has 0 aliphatic heterocycles. The van der Waals surface area contributed by atoms with Crippen LogP contribution in [0.4, 0.5) is 18.9 Å². The second-order valence-corrected chi connectivity index (χ2v) is 2.94. The fourth-order valence-corrected chi connectivity index (χ4v) is 0.937. The number of anilines is 1. The molecule has 0 heterocycles. The molecule has 5 heteroatoms. The molecule has 1 aromatic rings. The van der Waals surface area contributed by atoms with Gasteiger partial charge in [-0.05, 0) is 24.3 Å². The summed E-state index contributed by atoms with van der Waals surface area (Å²) in [5, 5.41) is 0.416. The van der Waals surface area contributed by atoms with Crippen molar-refractivity contribution in [3.63, 3.8) is 0 Å². The van der Waals surface area contributed by atoms with Crippen molar-refractivity contribution in [1.82, 2.24) is 0 Å². The standard InChI is InChI=1S/C8H7ClF3N/c1-13(8(10,11)12)7-4-2-6(9)3-5-7/h2-5H,1H3. The first-order valence-corrected chi connectivity index (χ1v) is 3.85. The molecule has 0 saturated heterocycles. The average molecular weight is 210 g/mol. The van der Waals surface area contributed by atoms with Gasteiger partial charge in [0.1, 0.15) is 0 Å². The summed E-state index contributed by atoms with van der Waals surface area (Å²) in [5.74, 6) is 0. The van der Waals surface area contributed by atoms with Gasteiger partial charge in [-0.25, -0.2) is 0 Å². The number of nitrogens with zero attached hydrogens (tertiary/aromatic N) is 1. The molecule has 0 unspecified atom stereocenters. The van der Waals surface area contributed by atoms with Gasteiger partial charge in [-0.2, -0.15) is 13.2 Å². The fraction of sp³-hybridized carbons (Fsp3) is 0.250. The van der Waals surface area contributed by atoms with Crippen molar-refractivity contribution in [1.29, 1.82) is 0 Å². The fourth-order valence-electron chi connectivity index (χ4n) is 0.811. The summed E-state index contributed by atoms with van der Waals surface area (Å²) in [4.78, 5) is 0.226. The highest BCUT2D eigenvalue weighted by atomic mass is 35.5. The lowest BCUT2D eigenvalue weighted by molar-refractivity contribution is -0.125. The molecule has 1 aromatic carbocycles. The van der Waals surface area contributed by atoms with E-state index in [1.54, 1.807) is 0 Å². The smallest absolute Gasteiger partial charge is 0.287 e. The van der Waals surface area contributed by atoms with Gasteiger partial charge < -0.3 is 0 Å². The number of benzene rings is 1. The van der Waals surface area contributed by atoms with Crippen LogP contribution in [0.15, 0.2) is 24.3 Å². The van der Waals surface area contributed by atoms with Crippen LogP contribution in [0.1, 0.15) is 0 Å². The third-order valence-corrected chi connectivity index (χ3v) is 1.85. The van der Waals surface area contributed by atoms with Crippen LogP contribution in [-0.4, -0.2) is 13.3 Å². The maximum atomic E-state index is 12.1.